The SMILES string of the molecule is CC1Cc2ccccc2N1C(=O)CN1CCC(c2ncn[nH]2)CC1. The van der Waals surface area contributed by atoms with Gasteiger partial charge < -0.3 is 4.90 Å². The highest BCUT2D eigenvalue weighted by Gasteiger charge is 2.32. The average molecular weight is 325 g/mol. The van der Waals surface area contributed by atoms with Gasteiger partial charge in [0.25, 0.3) is 0 Å². The summed E-state index contributed by atoms with van der Waals surface area (Å²) in [4.78, 5) is 21.4. The average Bonchev–Trinajstić information content (AvgIpc) is 3.22. The van der Waals surface area contributed by atoms with Crippen molar-refractivity contribution in [3.63, 3.8) is 0 Å². The van der Waals surface area contributed by atoms with Gasteiger partial charge in [0.1, 0.15) is 12.2 Å². The van der Waals surface area contributed by atoms with Gasteiger partial charge in [-0.1, -0.05) is 18.2 Å². The van der Waals surface area contributed by atoms with Crippen LogP contribution in [0.25, 0.3) is 0 Å². The molecule has 1 N–H and O–H groups in total. The van der Waals surface area contributed by atoms with Crippen LogP contribution in [0.15, 0.2) is 30.6 Å². The molecule has 1 unspecified atom stereocenters. The molecule has 1 atom stereocenters. The molecule has 0 aliphatic carbocycles. The van der Waals surface area contributed by atoms with Gasteiger partial charge >= 0.3 is 0 Å². The Kier molecular flexibility index (Phi) is 4.06. The summed E-state index contributed by atoms with van der Waals surface area (Å²) >= 11 is 0. The summed E-state index contributed by atoms with van der Waals surface area (Å²) in [6.45, 7) is 4.50. The van der Waals surface area contributed by atoms with Crippen LogP contribution in [0.5, 0.6) is 0 Å². The minimum absolute atomic E-state index is 0.213. The van der Waals surface area contributed by atoms with Crippen LogP contribution in [-0.2, 0) is 11.2 Å². The van der Waals surface area contributed by atoms with Crippen LogP contribution in [0.3, 0.4) is 0 Å². The van der Waals surface area contributed by atoms with Crippen molar-refractivity contribution in [3.05, 3.63) is 42.0 Å². The van der Waals surface area contributed by atoms with E-state index in [1.165, 1.54) is 5.56 Å². The van der Waals surface area contributed by atoms with Crippen molar-refractivity contribution >= 4 is 11.6 Å². The normalized spacial score (nSPS) is 21.9. The van der Waals surface area contributed by atoms with Gasteiger partial charge in [-0.05, 0) is 50.9 Å². The van der Waals surface area contributed by atoms with Gasteiger partial charge in [-0.3, -0.25) is 14.8 Å². The predicted octanol–water partition coefficient (Wildman–Crippen LogP) is 1.96. The van der Waals surface area contributed by atoms with Crippen LogP contribution in [0.4, 0.5) is 5.69 Å². The molecule has 6 nitrogen and oxygen atoms in total. The molecule has 1 amide bonds. The number of anilines is 1. The van der Waals surface area contributed by atoms with Crippen molar-refractivity contribution < 1.29 is 4.79 Å². The van der Waals surface area contributed by atoms with Gasteiger partial charge in [0.15, 0.2) is 0 Å². The maximum absolute atomic E-state index is 12.9. The van der Waals surface area contributed by atoms with E-state index in [9.17, 15) is 4.79 Å². The summed E-state index contributed by atoms with van der Waals surface area (Å²) in [5, 5.41) is 6.91. The number of rotatable bonds is 3. The number of H-pyrrole nitrogens is 1. The molecule has 2 aliphatic rings. The summed E-state index contributed by atoms with van der Waals surface area (Å²) in [5.74, 6) is 1.62. The third kappa shape index (κ3) is 2.82. The topological polar surface area (TPSA) is 65.1 Å². The highest BCUT2D eigenvalue weighted by Crippen LogP contribution is 2.32. The first-order valence-corrected chi connectivity index (χ1v) is 8.70. The number of fused-ring (bicyclic) bond motifs is 1. The number of hydrogen-bond acceptors (Lipinski definition) is 4. The van der Waals surface area contributed by atoms with E-state index in [4.69, 9.17) is 0 Å². The molecule has 3 heterocycles. The highest BCUT2D eigenvalue weighted by atomic mass is 16.2. The second-order valence-electron chi connectivity index (χ2n) is 6.87. The number of piperidine rings is 1. The van der Waals surface area contributed by atoms with E-state index in [1.54, 1.807) is 6.33 Å². The first-order chi connectivity index (χ1) is 11.7. The molecule has 1 saturated heterocycles. The Labute approximate surface area is 141 Å². The second kappa shape index (κ2) is 6.36. The molecule has 2 aliphatic heterocycles. The number of carbonyl (C=O) groups is 1. The molecule has 0 bridgehead atoms. The predicted molar refractivity (Wildman–Crippen MR) is 91.9 cm³/mol. The van der Waals surface area contributed by atoms with E-state index in [0.717, 1.165) is 43.9 Å². The Morgan fingerprint density at radius 3 is 2.83 bits per heavy atom. The van der Waals surface area contributed by atoms with Gasteiger partial charge in [0, 0.05) is 17.6 Å². The number of amides is 1. The van der Waals surface area contributed by atoms with Crippen molar-refractivity contribution in [2.24, 2.45) is 0 Å². The fourth-order valence-electron chi connectivity index (χ4n) is 3.99. The fraction of sp³-hybridized carbons (Fsp3) is 0.500. The summed E-state index contributed by atoms with van der Waals surface area (Å²) in [6.07, 6.45) is 4.57. The number of aromatic nitrogens is 3. The third-order valence-corrected chi connectivity index (χ3v) is 5.24. The number of nitrogens with zero attached hydrogens (tertiary/aromatic N) is 4. The van der Waals surface area contributed by atoms with Gasteiger partial charge in [-0.25, -0.2) is 4.98 Å². The number of aromatic amines is 1. The Morgan fingerprint density at radius 1 is 1.29 bits per heavy atom. The molecule has 0 saturated carbocycles. The van der Waals surface area contributed by atoms with E-state index in [0.29, 0.717) is 12.5 Å². The summed E-state index contributed by atoms with van der Waals surface area (Å²) in [5.41, 5.74) is 2.37. The number of likely N-dealkylation sites (tertiary alicyclic amines) is 1. The second-order valence-corrected chi connectivity index (χ2v) is 6.87. The summed E-state index contributed by atoms with van der Waals surface area (Å²) in [6, 6.07) is 8.50. The number of hydrogen-bond donors (Lipinski definition) is 1. The van der Waals surface area contributed by atoms with Gasteiger partial charge in [0.05, 0.1) is 6.54 Å². The zero-order chi connectivity index (χ0) is 16.5. The standard InChI is InChI=1S/C18H23N5O/c1-13-10-15-4-2-3-5-16(15)23(13)17(24)11-22-8-6-14(7-9-22)18-19-12-20-21-18/h2-5,12-14H,6-11H2,1H3,(H,19,20,21). The Morgan fingerprint density at radius 2 is 2.08 bits per heavy atom. The molecule has 1 fully saturated rings. The minimum atomic E-state index is 0.213. The lowest BCUT2D eigenvalue weighted by molar-refractivity contribution is -0.120. The van der Waals surface area contributed by atoms with Crippen LogP contribution >= 0.6 is 0 Å². The molecular weight excluding hydrogens is 302 g/mol. The number of nitrogens with one attached hydrogen (secondary N) is 1. The molecule has 126 valence electrons. The summed E-state index contributed by atoms with van der Waals surface area (Å²) in [7, 11) is 0. The first kappa shape index (κ1) is 15.3. The van der Waals surface area contributed by atoms with Crippen LogP contribution < -0.4 is 4.90 Å². The van der Waals surface area contributed by atoms with Crippen molar-refractivity contribution in [3.8, 4) is 0 Å². The zero-order valence-corrected chi connectivity index (χ0v) is 14.0. The van der Waals surface area contributed by atoms with E-state index >= 15 is 0 Å². The van der Waals surface area contributed by atoms with E-state index in [-0.39, 0.29) is 11.9 Å². The Bertz CT molecular complexity index is 706. The molecular formula is C18H23N5O. The van der Waals surface area contributed by atoms with E-state index in [1.807, 2.05) is 17.0 Å². The maximum atomic E-state index is 12.9. The highest BCUT2D eigenvalue weighted by molar-refractivity contribution is 5.97. The van der Waals surface area contributed by atoms with Crippen LogP contribution in [0.2, 0.25) is 0 Å². The quantitative estimate of drug-likeness (QED) is 0.937. The van der Waals surface area contributed by atoms with Crippen molar-refractivity contribution in [1.82, 2.24) is 20.1 Å². The lowest BCUT2D eigenvalue weighted by Crippen LogP contribution is -2.45. The number of carbonyl (C=O) groups excluding carboxylic acids is 1. The molecule has 0 spiro atoms. The minimum Gasteiger partial charge on any atom is -0.308 e. The lowest BCUT2D eigenvalue weighted by atomic mass is 9.96. The molecule has 4 rings (SSSR count). The smallest absolute Gasteiger partial charge is 0.241 e. The number of para-hydroxylation sites is 1. The number of benzene rings is 1. The molecule has 24 heavy (non-hydrogen) atoms. The largest absolute Gasteiger partial charge is 0.308 e. The van der Waals surface area contributed by atoms with Crippen molar-refractivity contribution in [2.45, 2.75) is 38.1 Å². The van der Waals surface area contributed by atoms with Gasteiger partial charge in [0.2, 0.25) is 5.91 Å². The molecule has 1 aromatic carbocycles. The van der Waals surface area contributed by atoms with E-state index in [2.05, 4.69) is 39.1 Å². The molecule has 2 aromatic rings. The van der Waals surface area contributed by atoms with Gasteiger partial charge in [-0.15, -0.1) is 0 Å². The molecule has 0 radical (unpaired) electrons. The first-order valence-electron chi connectivity index (χ1n) is 8.70. The van der Waals surface area contributed by atoms with Gasteiger partial charge in [-0.2, -0.15) is 5.10 Å². The van der Waals surface area contributed by atoms with Crippen LogP contribution in [-0.4, -0.2) is 51.7 Å². The molecule has 6 heteroatoms. The zero-order valence-electron chi connectivity index (χ0n) is 14.0. The monoisotopic (exact) mass is 325 g/mol. The molecule has 1 aromatic heterocycles. The fourth-order valence-corrected chi connectivity index (χ4v) is 3.99. The maximum Gasteiger partial charge on any atom is 0.241 e. The Hall–Kier alpha value is -2.21. The lowest BCUT2D eigenvalue weighted by Gasteiger charge is -2.32. The van der Waals surface area contributed by atoms with Crippen LogP contribution in [0.1, 0.15) is 37.1 Å². The van der Waals surface area contributed by atoms with E-state index < -0.39 is 0 Å². The van der Waals surface area contributed by atoms with Crippen molar-refractivity contribution in [1.29, 1.82) is 0 Å². The Balaban J connectivity index is 1.37. The van der Waals surface area contributed by atoms with Crippen LogP contribution in [0, 0.1) is 0 Å². The third-order valence-electron chi connectivity index (χ3n) is 5.24. The van der Waals surface area contributed by atoms with Crippen molar-refractivity contribution in [2.75, 3.05) is 24.5 Å². The summed E-state index contributed by atoms with van der Waals surface area (Å²) < 4.78 is 0.